The smallest absolute Gasteiger partial charge is 0.316 e. The normalized spacial score (nSPS) is 16.5. The standard InChI is InChI=1S/C12H9FN2O2S/c13-8-3-1-2-7(6-8)9-14-15-10(18-9)12(4-5-12)11(16)17/h1-3,6H,4-5H2,(H,16,17). The van der Waals surface area contributed by atoms with E-state index in [1.54, 1.807) is 12.1 Å². The summed E-state index contributed by atoms with van der Waals surface area (Å²) in [5, 5.41) is 18.1. The lowest BCUT2D eigenvalue weighted by Crippen LogP contribution is -2.19. The van der Waals surface area contributed by atoms with Crippen molar-refractivity contribution in [1.82, 2.24) is 10.2 Å². The van der Waals surface area contributed by atoms with Crippen molar-refractivity contribution in [2.75, 3.05) is 0 Å². The summed E-state index contributed by atoms with van der Waals surface area (Å²) in [4.78, 5) is 11.2. The van der Waals surface area contributed by atoms with Crippen LogP contribution in [0.2, 0.25) is 0 Å². The van der Waals surface area contributed by atoms with E-state index in [2.05, 4.69) is 10.2 Å². The van der Waals surface area contributed by atoms with Crippen LogP contribution in [0.1, 0.15) is 17.8 Å². The van der Waals surface area contributed by atoms with Crippen LogP contribution in [-0.4, -0.2) is 21.3 Å². The Morgan fingerprint density at radius 2 is 2.17 bits per heavy atom. The average molecular weight is 264 g/mol. The largest absolute Gasteiger partial charge is 0.481 e. The molecule has 0 saturated heterocycles. The molecule has 92 valence electrons. The molecule has 1 aliphatic rings. The van der Waals surface area contributed by atoms with Gasteiger partial charge in [-0.05, 0) is 25.0 Å². The van der Waals surface area contributed by atoms with E-state index in [1.807, 2.05) is 0 Å². The van der Waals surface area contributed by atoms with E-state index in [0.717, 1.165) is 0 Å². The van der Waals surface area contributed by atoms with Crippen LogP contribution in [0.3, 0.4) is 0 Å². The third kappa shape index (κ3) is 1.69. The summed E-state index contributed by atoms with van der Waals surface area (Å²) in [6.07, 6.45) is 1.19. The van der Waals surface area contributed by atoms with E-state index in [4.69, 9.17) is 5.11 Å². The van der Waals surface area contributed by atoms with E-state index >= 15 is 0 Å². The predicted octanol–water partition coefficient (Wildman–Crippen LogP) is 2.46. The van der Waals surface area contributed by atoms with Gasteiger partial charge in [0.1, 0.15) is 21.2 Å². The topological polar surface area (TPSA) is 63.1 Å². The van der Waals surface area contributed by atoms with Crippen LogP contribution in [-0.2, 0) is 10.2 Å². The second-order valence-corrected chi connectivity index (χ2v) is 5.29. The molecule has 1 aromatic carbocycles. The minimum atomic E-state index is -0.857. The van der Waals surface area contributed by atoms with Gasteiger partial charge in [-0.3, -0.25) is 4.79 Å². The van der Waals surface area contributed by atoms with Gasteiger partial charge in [-0.2, -0.15) is 0 Å². The number of aromatic nitrogens is 2. The molecular formula is C12H9FN2O2S. The number of hydrogen-bond acceptors (Lipinski definition) is 4. The van der Waals surface area contributed by atoms with Gasteiger partial charge in [0.15, 0.2) is 0 Å². The average Bonchev–Trinajstić information content (AvgIpc) is 3.01. The molecule has 1 N–H and O–H groups in total. The summed E-state index contributed by atoms with van der Waals surface area (Å²) in [6, 6.07) is 6.04. The van der Waals surface area contributed by atoms with Gasteiger partial charge in [0.05, 0.1) is 0 Å². The minimum Gasteiger partial charge on any atom is -0.481 e. The van der Waals surface area contributed by atoms with Crippen LogP contribution in [0, 0.1) is 5.82 Å². The molecule has 1 heterocycles. The van der Waals surface area contributed by atoms with Crippen molar-refractivity contribution < 1.29 is 14.3 Å². The maximum absolute atomic E-state index is 13.1. The zero-order valence-electron chi connectivity index (χ0n) is 9.26. The molecule has 3 rings (SSSR count). The quantitative estimate of drug-likeness (QED) is 0.925. The maximum atomic E-state index is 13.1. The Bertz CT molecular complexity index is 622. The molecule has 1 aromatic heterocycles. The molecule has 1 saturated carbocycles. The summed E-state index contributed by atoms with van der Waals surface area (Å²) in [6.45, 7) is 0. The Morgan fingerprint density at radius 1 is 1.39 bits per heavy atom. The van der Waals surface area contributed by atoms with Gasteiger partial charge in [-0.15, -0.1) is 10.2 Å². The molecule has 1 aliphatic carbocycles. The first kappa shape index (κ1) is 11.3. The van der Waals surface area contributed by atoms with Crippen LogP contribution in [0.25, 0.3) is 10.6 Å². The second kappa shape index (κ2) is 3.84. The Kier molecular flexibility index (Phi) is 2.41. The summed E-state index contributed by atoms with van der Waals surface area (Å²) in [5.74, 6) is -1.20. The highest BCUT2D eigenvalue weighted by molar-refractivity contribution is 7.15. The van der Waals surface area contributed by atoms with Gasteiger partial charge in [-0.1, -0.05) is 23.5 Å². The molecular weight excluding hydrogens is 255 g/mol. The summed E-state index contributed by atoms with van der Waals surface area (Å²) in [5.41, 5.74) is -0.219. The predicted molar refractivity (Wildman–Crippen MR) is 63.9 cm³/mol. The number of nitrogens with zero attached hydrogens (tertiary/aromatic N) is 2. The third-order valence-corrected chi connectivity index (χ3v) is 4.24. The first-order valence-electron chi connectivity index (χ1n) is 5.45. The molecule has 6 heteroatoms. The van der Waals surface area contributed by atoms with Crippen molar-refractivity contribution in [3.8, 4) is 10.6 Å². The molecule has 0 bridgehead atoms. The van der Waals surface area contributed by atoms with Gasteiger partial charge in [0.2, 0.25) is 0 Å². The van der Waals surface area contributed by atoms with E-state index in [1.165, 1.54) is 23.5 Å². The molecule has 0 amide bonds. The van der Waals surface area contributed by atoms with Gasteiger partial charge < -0.3 is 5.11 Å². The zero-order valence-corrected chi connectivity index (χ0v) is 10.1. The fraction of sp³-hybridized carbons (Fsp3) is 0.250. The monoisotopic (exact) mass is 264 g/mol. The summed E-state index contributed by atoms with van der Waals surface area (Å²) in [7, 11) is 0. The molecule has 0 atom stereocenters. The Morgan fingerprint density at radius 3 is 2.78 bits per heavy atom. The Labute approximate surface area is 106 Å². The van der Waals surface area contributed by atoms with Crippen molar-refractivity contribution in [1.29, 1.82) is 0 Å². The Balaban J connectivity index is 1.98. The van der Waals surface area contributed by atoms with Crippen molar-refractivity contribution in [2.24, 2.45) is 0 Å². The number of hydrogen-bond donors (Lipinski definition) is 1. The number of halogens is 1. The fourth-order valence-corrected chi connectivity index (χ4v) is 2.88. The molecule has 1 fully saturated rings. The van der Waals surface area contributed by atoms with Crippen molar-refractivity contribution in [3.63, 3.8) is 0 Å². The first-order valence-corrected chi connectivity index (χ1v) is 6.27. The zero-order chi connectivity index (χ0) is 12.8. The van der Waals surface area contributed by atoms with Crippen LogP contribution in [0.4, 0.5) is 4.39 Å². The van der Waals surface area contributed by atoms with Crippen molar-refractivity contribution in [3.05, 3.63) is 35.1 Å². The van der Waals surface area contributed by atoms with Crippen LogP contribution >= 0.6 is 11.3 Å². The van der Waals surface area contributed by atoms with Gasteiger partial charge in [0.25, 0.3) is 0 Å². The van der Waals surface area contributed by atoms with Crippen LogP contribution < -0.4 is 0 Å². The number of carboxylic acids is 1. The lowest BCUT2D eigenvalue weighted by atomic mass is 10.1. The molecule has 2 aromatic rings. The highest BCUT2D eigenvalue weighted by Gasteiger charge is 2.54. The summed E-state index contributed by atoms with van der Waals surface area (Å²) >= 11 is 1.22. The van der Waals surface area contributed by atoms with Gasteiger partial charge >= 0.3 is 5.97 Å². The van der Waals surface area contributed by atoms with Crippen LogP contribution in [0.15, 0.2) is 24.3 Å². The first-order chi connectivity index (χ1) is 8.62. The molecule has 4 nitrogen and oxygen atoms in total. The van der Waals surface area contributed by atoms with E-state index in [9.17, 15) is 9.18 Å². The lowest BCUT2D eigenvalue weighted by molar-refractivity contribution is -0.140. The molecule has 0 spiro atoms. The number of rotatable bonds is 3. The van der Waals surface area contributed by atoms with Gasteiger partial charge in [0, 0.05) is 5.56 Å². The number of carboxylic acid groups (broad SMARTS) is 1. The molecule has 0 unspecified atom stereocenters. The number of carbonyl (C=O) groups is 1. The highest BCUT2D eigenvalue weighted by Crippen LogP contribution is 2.50. The van der Waals surface area contributed by atoms with Crippen molar-refractivity contribution in [2.45, 2.75) is 18.3 Å². The SMILES string of the molecule is O=C(O)C1(c2nnc(-c3cccc(F)c3)s2)CC1. The maximum Gasteiger partial charge on any atom is 0.316 e. The lowest BCUT2D eigenvalue weighted by Gasteiger charge is -2.02. The van der Waals surface area contributed by atoms with Crippen molar-refractivity contribution >= 4 is 17.3 Å². The highest BCUT2D eigenvalue weighted by atomic mass is 32.1. The second-order valence-electron chi connectivity index (χ2n) is 4.31. The summed E-state index contributed by atoms with van der Waals surface area (Å²) < 4.78 is 13.1. The number of aliphatic carboxylic acids is 1. The minimum absolute atomic E-state index is 0.344. The van der Waals surface area contributed by atoms with E-state index < -0.39 is 11.4 Å². The molecule has 18 heavy (non-hydrogen) atoms. The Hall–Kier alpha value is -1.82. The molecule has 0 aliphatic heterocycles. The fourth-order valence-electron chi connectivity index (χ4n) is 1.80. The van der Waals surface area contributed by atoms with Crippen LogP contribution in [0.5, 0.6) is 0 Å². The van der Waals surface area contributed by atoms with Gasteiger partial charge in [-0.25, -0.2) is 4.39 Å². The number of benzene rings is 1. The molecule has 0 radical (unpaired) electrons. The van der Waals surface area contributed by atoms with E-state index in [-0.39, 0.29) is 5.82 Å². The van der Waals surface area contributed by atoms with E-state index in [0.29, 0.717) is 28.4 Å². The third-order valence-electron chi connectivity index (χ3n) is 3.07.